The topological polar surface area (TPSA) is 148 Å². The summed E-state index contributed by atoms with van der Waals surface area (Å²) in [4.78, 5) is 42.3. The standard InChI is InChI=1S/C32H37N5O6S/c1-5-8-29-35-27-16-15-24(34-31(39)33-4)19-26(27)30(38)37(29)20-22-11-13-23(14-12-22)25-9-6-7-10-28(25)44(41,42)36-32(40)43-18-17-21(2)3/h6-7,9-16,19,21H,5,8,17-18,20H2,1-4H3,(H,36,40)(H2,33,34,39). The van der Waals surface area contributed by atoms with Crippen molar-refractivity contribution in [3.8, 4) is 11.1 Å². The molecule has 4 rings (SSSR count). The van der Waals surface area contributed by atoms with Crippen LogP contribution in [0.1, 0.15) is 45.0 Å². The van der Waals surface area contributed by atoms with Gasteiger partial charge in [-0.25, -0.2) is 27.7 Å². The van der Waals surface area contributed by atoms with E-state index in [-0.39, 0.29) is 23.6 Å². The third-order valence-electron chi connectivity index (χ3n) is 6.92. The smallest absolute Gasteiger partial charge is 0.421 e. The van der Waals surface area contributed by atoms with Crippen molar-refractivity contribution in [2.24, 2.45) is 5.92 Å². The molecule has 3 aromatic carbocycles. The largest absolute Gasteiger partial charge is 0.449 e. The first-order valence-corrected chi connectivity index (χ1v) is 15.9. The highest BCUT2D eigenvalue weighted by Crippen LogP contribution is 2.28. The number of carbonyl (C=O) groups is 2. The van der Waals surface area contributed by atoms with Crippen molar-refractivity contribution in [1.29, 1.82) is 0 Å². The third kappa shape index (κ3) is 7.81. The summed E-state index contributed by atoms with van der Waals surface area (Å²) >= 11 is 0. The van der Waals surface area contributed by atoms with Crippen LogP contribution in [0.3, 0.4) is 0 Å². The van der Waals surface area contributed by atoms with E-state index in [2.05, 4.69) is 10.6 Å². The number of carbonyl (C=O) groups excluding carboxylic acids is 2. The molecule has 0 bridgehead atoms. The molecule has 0 atom stereocenters. The van der Waals surface area contributed by atoms with E-state index in [0.29, 0.717) is 52.3 Å². The number of hydrogen-bond donors (Lipinski definition) is 3. The van der Waals surface area contributed by atoms with Gasteiger partial charge in [0.2, 0.25) is 0 Å². The Kier molecular flexibility index (Phi) is 10.4. The van der Waals surface area contributed by atoms with E-state index in [9.17, 15) is 22.8 Å². The molecule has 0 saturated heterocycles. The predicted molar refractivity (Wildman–Crippen MR) is 170 cm³/mol. The van der Waals surface area contributed by atoms with Gasteiger partial charge in [0.05, 0.1) is 29.0 Å². The van der Waals surface area contributed by atoms with Crippen molar-refractivity contribution in [1.82, 2.24) is 19.6 Å². The Labute approximate surface area is 256 Å². The molecule has 0 fully saturated rings. The van der Waals surface area contributed by atoms with Gasteiger partial charge in [0, 0.05) is 24.7 Å². The Morgan fingerprint density at radius 3 is 2.43 bits per heavy atom. The Balaban J connectivity index is 1.61. The highest BCUT2D eigenvalue weighted by atomic mass is 32.2. The van der Waals surface area contributed by atoms with Crippen molar-refractivity contribution < 1.29 is 22.7 Å². The number of aryl methyl sites for hydroxylation is 1. The number of ether oxygens (including phenoxy) is 1. The molecule has 44 heavy (non-hydrogen) atoms. The number of aromatic nitrogens is 2. The second-order valence-electron chi connectivity index (χ2n) is 10.7. The lowest BCUT2D eigenvalue weighted by molar-refractivity contribution is 0.146. The number of nitrogens with zero attached hydrogens (tertiary/aromatic N) is 2. The number of benzene rings is 3. The number of hydrogen-bond acceptors (Lipinski definition) is 7. The second-order valence-corrected chi connectivity index (χ2v) is 12.4. The maximum atomic E-state index is 13.6. The highest BCUT2D eigenvalue weighted by molar-refractivity contribution is 7.90. The SMILES string of the molecule is CCCc1nc2ccc(NC(=O)NC)cc2c(=O)n1Cc1ccc(-c2ccccc2S(=O)(=O)NC(=O)OCCC(C)C)cc1. The van der Waals surface area contributed by atoms with Gasteiger partial charge >= 0.3 is 12.1 Å². The normalized spacial score (nSPS) is 11.4. The zero-order valence-electron chi connectivity index (χ0n) is 25.2. The molecule has 0 unspecified atom stereocenters. The van der Waals surface area contributed by atoms with Crippen LogP contribution in [0.15, 0.2) is 76.4 Å². The number of sulfonamides is 1. The first-order chi connectivity index (χ1) is 21.0. The molecule has 1 heterocycles. The average molecular weight is 620 g/mol. The highest BCUT2D eigenvalue weighted by Gasteiger charge is 2.22. The lowest BCUT2D eigenvalue weighted by atomic mass is 10.0. The summed E-state index contributed by atoms with van der Waals surface area (Å²) in [6.07, 6.45) is 0.982. The molecule has 4 aromatic rings. The van der Waals surface area contributed by atoms with Crippen molar-refractivity contribution in [3.63, 3.8) is 0 Å². The predicted octanol–water partition coefficient (Wildman–Crippen LogP) is 5.28. The van der Waals surface area contributed by atoms with Gasteiger partial charge in [0.1, 0.15) is 5.82 Å². The summed E-state index contributed by atoms with van der Waals surface area (Å²) in [6.45, 7) is 6.33. The first-order valence-electron chi connectivity index (χ1n) is 14.4. The Morgan fingerprint density at radius 2 is 1.75 bits per heavy atom. The monoisotopic (exact) mass is 619 g/mol. The molecule has 0 radical (unpaired) electrons. The number of rotatable bonds is 11. The summed E-state index contributed by atoms with van der Waals surface area (Å²) in [7, 11) is -2.70. The molecule has 0 aliphatic heterocycles. The van der Waals surface area contributed by atoms with Crippen LogP contribution in [0.5, 0.6) is 0 Å². The van der Waals surface area contributed by atoms with E-state index in [4.69, 9.17) is 9.72 Å². The van der Waals surface area contributed by atoms with Gasteiger partial charge in [-0.2, -0.15) is 0 Å². The summed E-state index contributed by atoms with van der Waals surface area (Å²) < 4.78 is 34.9. The van der Waals surface area contributed by atoms with Gasteiger partial charge < -0.3 is 15.4 Å². The van der Waals surface area contributed by atoms with E-state index < -0.39 is 22.1 Å². The molecule has 0 aliphatic rings. The van der Waals surface area contributed by atoms with Crippen molar-refractivity contribution in [2.75, 3.05) is 19.0 Å². The van der Waals surface area contributed by atoms with Gasteiger partial charge in [-0.15, -0.1) is 0 Å². The number of urea groups is 1. The molecular formula is C32H37N5O6S. The lowest BCUT2D eigenvalue weighted by Crippen LogP contribution is -2.31. The van der Waals surface area contributed by atoms with Gasteiger partial charge in [-0.1, -0.05) is 63.2 Å². The van der Waals surface area contributed by atoms with Crippen LogP contribution in [0, 0.1) is 5.92 Å². The Hall–Kier alpha value is -4.71. The van der Waals surface area contributed by atoms with Crippen LogP contribution in [0.2, 0.25) is 0 Å². The lowest BCUT2D eigenvalue weighted by Gasteiger charge is -2.15. The zero-order chi connectivity index (χ0) is 31.9. The average Bonchev–Trinajstić information content (AvgIpc) is 2.99. The second kappa shape index (κ2) is 14.2. The third-order valence-corrected chi connectivity index (χ3v) is 8.29. The minimum atomic E-state index is -4.21. The Bertz CT molecular complexity index is 1820. The van der Waals surface area contributed by atoms with Gasteiger partial charge in [0.25, 0.3) is 15.6 Å². The van der Waals surface area contributed by atoms with E-state index in [1.807, 2.05) is 37.6 Å². The van der Waals surface area contributed by atoms with E-state index in [1.54, 1.807) is 53.1 Å². The number of nitrogens with one attached hydrogen (secondary N) is 3. The number of fused-ring (bicyclic) bond motifs is 1. The van der Waals surface area contributed by atoms with Crippen LogP contribution < -0.4 is 20.9 Å². The summed E-state index contributed by atoms with van der Waals surface area (Å²) in [6, 6.07) is 18.2. The molecule has 3 amide bonds. The van der Waals surface area contributed by atoms with Gasteiger partial charge in [0.15, 0.2) is 0 Å². The number of anilines is 1. The summed E-state index contributed by atoms with van der Waals surface area (Å²) in [5.41, 5.74) is 2.62. The van der Waals surface area contributed by atoms with E-state index in [0.717, 1.165) is 12.0 Å². The van der Waals surface area contributed by atoms with Crippen LogP contribution in [0.25, 0.3) is 22.0 Å². The minimum Gasteiger partial charge on any atom is -0.449 e. The van der Waals surface area contributed by atoms with Crippen molar-refractivity contribution >= 4 is 38.7 Å². The minimum absolute atomic E-state index is 0.0603. The van der Waals surface area contributed by atoms with Crippen molar-refractivity contribution in [2.45, 2.75) is 51.5 Å². The van der Waals surface area contributed by atoms with Crippen molar-refractivity contribution in [3.05, 3.63) is 88.5 Å². The number of amides is 3. The molecule has 12 heteroatoms. The first kappa shape index (κ1) is 32.2. The van der Waals surface area contributed by atoms with Crippen LogP contribution >= 0.6 is 0 Å². The molecule has 0 spiro atoms. The van der Waals surface area contributed by atoms with E-state index >= 15 is 0 Å². The quantitative estimate of drug-likeness (QED) is 0.207. The maximum Gasteiger partial charge on any atom is 0.421 e. The Morgan fingerprint density at radius 1 is 1.02 bits per heavy atom. The molecule has 232 valence electrons. The molecule has 3 N–H and O–H groups in total. The van der Waals surface area contributed by atoms with Crippen LogP contribution in [0.4, 0.5) is 15.3 Å². The van der Waals surface area contributed by atoms with E-state index in [1.165, 1.54) is 13.1 Å². The fourth-order valence-corrected chi connectivity index (χ4v) is 5.73. The van der Waals surface area contributed by atoms with Gasteiger partial charge in [-0.05, 0) is 54.2 Å². The molecular weight excluding hydrogens is 582 g/mol. The molecule has 1 aromatic heterocycles. The van der Waals surface area contributed by atoms with Gasteiger partial charge in [-0.3, -0.25) is 9.36 Å². The molecule has 0 saturated carbocycles. The van der Waals surface area contributed by atoms with Crippen LogP contribution in [-0.2, 0) is 27.7 Å². The summed E-state index contributed by atoms with van der Waals surface area (Å²) in [5.74, 6) is 0.951. The molecule has 0 aliphatic carbocycles. The maximum absolute atomic E-state index is 13.6. The van der Waals surface area contributed by atoms with Crippen LogP contribution in [-0.4, -0.2) is 43.7 Å². The molecule has 11 nitrogen and oxygen atoms in total. The fourth-order valence-electron chi connectivity index (χ4n) is 4.61. The summed E-state index contributed by atoms with van der Waals surface area (Å²) in [5, 5.41) is 5.55. The fraction of sp³-hybridized carbons (Fsp3) is 0.312. The zero-order valence-corrected chi connectivity index (χ0v) is 26.0.